The molecule has 2 unspecified atom stereocenters. The topological polar surface area (TPSA) is 173 Å². The van der Waals surface area contributed by atoms with Gasteiger partial charge in [0, 0.05) is 54.1 Å². The lowest BCUT2D eigenvalue weighted by Crippen LogP contribution is -2.64. The van der Waals surface area contributed by atoms with E-state index in [0.717, 1.165) is 102 Å². The molecule has 5 heterocycles. The summed E-state index contributed by atoms with van der Waals surface area (Å²) in [6.45, 7) is 13.5. The first-order chi connectivity index (χ1) is 28.4. The Morgan fingerprint density at radius 1 is 0.932 bits per heavy atom. The van der Waals surface area contributed by atoms with E-state index in [4.69, 9.17) is 29.6 Å². The number of hydrogen-bond donors (Lipinski definition) is 4. The standard InChI is InChI=1S/C44H55N9O5S/c1-28-30-8-7-15-52(38(30)51-50-37(28)49-40-47-33-9-5-6-10-34(33)59-40)35-12-11-31(36(48-35)39(55)56)32-20-46-53(29(32)2)27-43-22-41(3)21-42(4,23-43)25-44(24-41,26-43)58-18-14-45-13-17-57-19-16-54/h5-6,9-12,20,45,54H,7-8,13-19,21-27H2,1-4H3,(H,55,56)(H,47,49,50). The SMILES string of the molecule is Cc1c(Nc2nc3ccccc3s2)nnc2c1CCCN2c1ccc(-c2cnn(CC34CC5(C)CC(C)(C3)CC(OCCNCCOCCO)(C5)C4)c2C)c(C(=O)O)n1. The number of anilines is 4. The van der Waals surface area contributed by atoms with E-state index in [0.29, 0.717) is 49.4 Å². The molecule has 4 fully saturated rings. The van der Waals surface area contributed by atoms with E-state index in [9.17, 15) is 9.90 Å². The molecule has 15 heteroatoms. The molecule has 1 aliphatic heterocycles. The monoisotopic (exact) mass is 821 g/mol. The summed E-state index contributed by atoms with van der Waals surface area (Å²) >= 11 is 1.57. The number of nitrogens with one attached hydrogen (secondary N) is 2. The van der Waals surface area contributed by atoms with Crippen LogP contribution in [-0.2, 0) is 22.4 Å². The molecular formula is C44H55N9O5S. The molecule has 0 amide bonds. The van der Waals surface area contributed by atoms with Crippen molar-refractivity contribution in [1.82, 2.24) is 35.3 Å². The molecule has 0 radical (unpaired) electrons. The largest absolute Gasteiger partial charge is 0.476 e. The second-order valence-electron chi connectivity index (χ2n) is 18.3. The van der Waals surface area contributed by atoms with E-state index in [1.54, 1.807) is 11.3 Å². The molecule has 5 aromatic rings. The highest BCUT2D eigenvalue weighted by Gasteiger charge is 2.66. The van der Waals surface area contributed by atoms with Crippen molar-refractivity contribution in [3.05, 3.63) is 65.1 Å². The summed E-state index contributed by atoms with van der Waals surface area (Å²) in [5.41, 5.74) is 5.50. The Hall–Kier alpha value is -4.54. The lowest BCUT2D eigenvalue weighted by Gasteiger charge is -2.69. The number of aromatic nitrogens is 6. The Morgan fingerprint density at radius 2 is 1.73 bits per heavy atom. The molecule has 312 valence electrons. The van der Waals surface area contributed by atoms with Crippen LogP contribution >= 0.6 is 11.3 Å². The molecule has 1 aromatic carbocycles. The van der Waals surface area contributed by atoms with E-state index < -0.39 is 5.97 Å². The molecule has 5 aliphatic rings. The van der Waals surface area contributed by atoms with Crippen LogP contribution in [-0.4, -0.2) is 97.8 Å². The van der Waals surface area contributed by atoms with Crippen molar-refractivity contribution in [2.45, 2.75) is 91.2 Å². The molecule has 4 N–H and O–H groups in total. The highest BCUT2D eigenvalue weighted by atomic mass is 32.1. The van der Waals surface area contributed by atoms with Gasteiger partial charge in [-0.3, -0.25) is 4.68 Å². The smallest absolute Gasteiger partial charge is 0.355 e. The van der Waals surface area contributed by atoms with E-state index >= 15 is 0 Å². The van der Waals surface area contributed by atoms with Crippen molar-refractivity contribution in [3.63, 3.8) is 0 Å². The number of carbonyl (C=O) groups is 1. The average Bonchev–Trinajstić information content (AvgIpc) is 3.76. The van der Waals surface area contributed by atoms with Crippen LogP contribution in [0.5, 0.6) is 0 Å². The fourth-order valence-corrected chi connectivity index (χ4v) is 12.9. The van der Waals surface area contributed by atoms with Gasteiger partial charge in [-0.15, -0.1) is 10.2 Å². The van der Waals surface area contributed by atoms with Crippen LogP contribution in [0.15, 0.2) is 42.6 Å². The highest BCUT2D eigenvalue weighted by Crippen LogP contribution is 2.72. The third-order valence-electron chi connectivity index (χ3n) is 13.1. The Labute approximate surface area is 348 Å². The van der Waals surface area contributed by atoms with E-state index in [-0.39, 0.29) is 34.1 Å². The number of nitrogens with zero attached hydrogens (tertiary/aromatic N) is 7. The fraction of sp³-hybridized carbons (Fsp3) is 0.545. The summed E-state index contributed by atoms with van der Waals surface area (Å²) in [6.07, 6.45) is 10.1. The van der Waals surface area contributed by atoms with Gasteiger partial charge in [-0.25, -0.2) is 14.8 Å². The highest BCUT2D eigenvalue weighted by molar-refractivity contribution is 7.22. The van der Waals surface area contributed by atoms with Crippen molar-refractivity contribution >= 4 is 50.1 Å². The third kappa shape index (κ3) is 7.72. The molecule has 14 nitrogen and oxygen atoms in total. The third-order valence-corrected chi connectivity index (χ3v) is 14.1. The van der Waals surface area contributed by atoms with Gasteiger partial charge in [0.1, 0.15) is 5.82 Å². The van der Waals surface area contributed by atoms with Crippen LogP contribution in [0.1, 0.15) is 86.1 Å². The van der Waals surface area contributed by atoms with Crippen molar-refractivity contribution in [1.29, 1.82) is 0 Å². The number of benzene rings is 1. The zero-order valence-corrected chi connectivity index (χ0v) is 35.3. The van der Waals surface area contributed by atoms with Gasteiger partial charge < -0.3 is 35.2 Å². The van der Waals surface area contributed by atoms with E-state index in [2.05, 4.69) is 45.4 Å². The van der Waals surface area contributed by atoms with Gasteiger partial charge in [-0.1, -0.05) is 37.3 Å². The molecule has 10 rings (SSSR count). The number of pyridine rings is 1. The zero-order chi connectivity index (χ0) is 41.0. The lowest BCUT2D eigenvalue weighted by atomic mass is 9.39. The van der Waals surface area contributed by atoms with Crippen LogP contribution in [0, 0.1) is 30.1 Å². The number of para-hydroxylation sites is 1. The summed E-state index contributed by atoms with van der Waals surface area (Å²) in [5.74, 6) is 0.806. The second-order valence-corrected chi connectivity index (χ2v) is 19.3. The summed E-state index contributed by atoms with van der Waals surface area (Å²) in [5, 5.41) is 41.3. The van der Waals surface area contributed by atoms with Gasteiger partial charge in [0.15, 0.2) is 22.5 Å². The number of carboxylic acids is 1. The van der Waals surface area contributed by atoms with Gasteiger partial charge in [0.2, 0.25) is 0 Å². The molecule has 0 spiro atoms. The second kappa shape index (κ2) is 15.5. The zero-order valence-electron chi connectivity index (χ0n) is 34.5. The summed E-state index contributed by atoms with van der Waals surface area (Å²) in [4.78, 5) is 24.4. The average molecular weight is 822 g/mol. The summed E-state index contributed by atoms with van der Waals surface area (Å²) < 4.78 is 15.5. The summed E-state index contributed by atoms with van der Waals surface area (Å²) in [7, 11) is 0. The van der Waals surface area contributed by atoms with Gasteiger partial charge in [-0.2, -0.15) is 5.10 Å². The number of rotatable bonds is 16. The minimum Gasteiger partial charge on any atom is -0.476 e. The van der Waals surface area contributed by atoms with Gasteiger partial charge in [0.25, 0.3) is 0 Å². The maximum absolute atomic E-state index is 12.9. The predicted octanol–water partition coefficient (Wildman–Crippen LogP) is 7.22. The van der Waals surface area contributed by atoms with Crippen LogP contribution in [0.3, 0.4) is 0 Å². The molecule has 4 bridgehead atoms. The van der Waals surface area contributed by atoms with Crippen molar-refractivity contribution in [2.24, 2.45) is 16.2 Å². The Balaban J connectivity index is 0.935. The van der Waals surface area contributed by atoms with Gasteiger partial charge in [-0.05, 0) is 106 Å². The van der Waals surface area contributed by atoms with E-state index in [1.807, 2.05) is 55.3 Å². The number of fused-ring (bicyclic) bond motifs is 2. The van der Waals surface area contributed by atoms with Crippen LogP contribution < -0.4 is 15.5 Å². The Bertz CT molecular complexity index is 2330. The normalized spacial score (nSPS) is 25.8. The first-order valence-electron chi connectivity index (χ1n) is 21.0. The molecule has 4 saturated carbocycles. The number of aliphatic hydroxyl groups is 1. The molecule has 0 saturated heterocycles. The molecular weight excluding hydrogens is 767 g/mol. The Morgan fingerprint density at radius 3 is 2.51 bits per heavy atom. The maximum Gasteiger partial charge on any atom is 0.355 e. The molecule has 4 aromatic heterocycles. The number of carboxylic acid groups (broad SMARTS) is 1. The van der Waals surface area contributed by atoms with Gasteiger partial charge >= 0.3 is 5.97 Å². The Kier molecular flexibility index (Phi) is 10.5. The minimum atomic E-state index is -1.09. The number of hydrogen-bond acceptors (Lipinski definition) is 13. The lowest BCUT2D eigenvalue weighted by molar-refractivity contribution is -0.247. The first-order valence-corrected chi connectivity index (χ1v) is 21.8. The predicted molar refractivity (Wildman–Crippen MR) is 228 cm³/mol. The minimum absolute atomic E-state index is 0.00757. The quantitative estimate of drug-likeness (QED) is 0.0736. The van der Waals surface area contributed by atoms with Gasteiger partial charge in [0.05, 0.1) is 48.4 Å². The molecule has 4 aliphatic carbocycles. The van der Waals surface area contributed by atoms with E-state index in [1.165, 1.54) is 6.42 Å². The number of aromatic carboxylic acids is 1. The number of aliphatic hydroxyl groups excluding tert-OH is 1. The fourth-order valence-electron chi connectivity index (χ4n) is 12.0. The molecule has 2 atom stereocenters. The van der Waals surface area contributed by atoms with Crippen molar-refractivity contribution in [2.75, 3.05) is 56.3 Å². The number of thiazole rings is 1. The van der Waals surface area contributed by atoms with Crippen LogP contribution in [0.4, 0.5) is 22.6 Å². The van der Waals surface area contributed by atoms with Crippen LogP contribution in [0.25, 0.3) is 21.3 Å². The molecule has 59 heavy (non-hydrogen) atoms. The number of ether oxygens (including phenoxy) is 2. The van der Waals surface area contributed by atoms with Crippen molar-refractivity contribution < 1.29 is 24.5 Å². The summed E-state index contributed by atoms with van der Waals surface area (Å²) in [6, 6.07) is 11.8. The van der Waals surface area contributed by atoms with Crippen molar-refractivity contribution in [3.8, 4) is 11.1 Å². The van der Waals surface area contributed by atoms with Crippen LogP contribution in [0.2, 0.25) is 0 Å². The first kappa shape index (κ1) is 39.9. The maximum atomic E-state index is 12.9.